The molecule has 0 amide bonds. The number of aliphatic imine (C=N–C) groups is 1. The van der Waals surface area contributed by atoms with Gasteiger partial charge in [0.2, 0.25) is 0 Å². The molecule has 3 unspecified atom stereocenters. The molecule has 1 aliphatic heterocycles. The fourth-order valence-corrected chi connectivity index (χ4v) is 2.53. The summed E-state index contributed by atoms with van der Waals surface area (Å²) in [6.07, 6.45) is -2.26. The number of hydrogen-bond donors (Lipinski definition) is 2. The van der Waals surface area contributed by atoms with Crippen molar-refractivity contribution in [2.24, 2.45) is 10.9 Å². The first-order chi connectivity index (χ1) is 9.37. The predicted octanol–water partition coefficient (Wildman–Crippen LogP) is 2.20. The van der Waals surface area contributed by atoms with Gasteiger partial charge in [0, 0.05) is 31.7 Å². The third-order valence-corrected chi connectivity index (χ3v) is 3.76. The van der Waals surface area contributed by atoms with Crippen molar-refractivity contribution >= 4 is 29.9 Å². The Morgan fingerprint density at radius 1 is 1.33 bits per heavy atom. The minimum Gasteiger partial charge on any atom is -0.353 e. The topological polar surface area (TPSA) is 39.7 Å². The molecule has 8 heteroatoms. The smallest absolute Gasteiger partial charge is 0.353 e. The van der Waals surface area contributed by atoms with Crippen molar-refractivity contribution in [2.75, 3.05) is 26.2 Å². The maximum atomic E-state index is 12.3. The van der Waals surface area contributed by atoms with Gasteiger partial charge in [0.05, 0.1) is 6.54 Å². The Balaban J connectivity index is 0.00000220. The molecule has 4 nitrogen and oxygen atoms in total. The molecule has 1 saturated heterocycles. The standard InChI is InChI=1S/C13H23F3N4.HI/c1-3-17-12(19-11-6-9(11)2)18-10-4-5-20(7-10)8-13(14,15)16;/h9-11H,3-8H2,1-2H3,(H2,17,18,19);1H. The Morgan fingerprint density at radius 3 is 2.52 bits per heavy atom. The van der Waals surface area contributed by atoms with Crippen LogP contribution in [0.25, 0.3) is 0 Å². The highest BCUT2D eigenvalue weighted by Gasteiger charge is 2.36. The number of halogens is 4. The van der Waals surface area contributed by atoms with Crippen LogP contribution in [0.4, 0.5) is 13.2 Å². The van der Waals surface area contributed by atoms with Crippen molar-refractivity contribution in [3.63, 3.8) is 0 Å². The van der Waals surface area contributed by atoms with E-state index in [4.69, 9.17) is 0 Å². The van der Waals surface area contributed by atoms with E-state index in [2.05, 4.69) is 22.5 Å². The second-order valence-electron chi connectivity index (χ2n) is 5.77. The maximum absolute atomic E-state index is 12.3. The van der Waals surface area contributed by atoms with E-state index < -0.39 is 12.7 Å². The van der Waals surface area contributed by atoms with Crippen LogP contribution in [0.5, 0.6) is 0 Å². The molecule has 0 radical (unpaired) electrons. The van der Waals surface area contributed by atoms with E-state index in [9.17, 15) is 13.2 Å². The average Bonchev–Trinajstić information content (AvgIpc) is 2.82. The van der Waals surface area contributed by atoms with Crippen LogP contribution in [0.3, 0.4) is 0 Å². The first-order valence-electron chi connectivity index (χ1n) is 7.24. The number of alkyl halides is 3. The SMILES string of the molecule is CCN=C(NC1CCN(CC(F)(F)F)C1)NC1CC1C.I. The Hall–Kier alpha value is -0.250. The Bertz CT molecular complexity index is 362. The Kier molecular flexibility index (Phi) is 7.02. The number of guanidine groups is 1. The molecular weight excluding hydrogens is 396 g/mol. The summed E-state index contributed by atoms with van der Waals surface area (Å²) in [5.74, 6) is 1.39. The molecule has 2 fully saturated rings. The summed E-state index contributed by atoms with van der Waals surface area (Å²) in [5, 5.41) is 6.58. The molecule has 0 aromatic heterocycles. The lowest BCUT2D eigenvalue weighted by molar-refractivity contribution is -0.143. The number of nitrogens with one attached hydrogen (secondary N) is 2. The molecule has 21 heavy (non-hydrogen) atoms. The molecule has 1 saturated carbocycles. The second kappa shape index (κ2) is 7.85. The maximum Gasteiger partial charge on any atom is 0.401 e. The van der Waals surface area contributed by atoms with Gasteiger partial charge in [0.25, 0.3) is 0 Å². The van der Waals surface area contributed by atoms with E-state index in [1.807, 2.05) is 6.92 Å². The van der Waals surface area contributed by atoms with E-state index in [0.717, 1.165) is 18.8 Å². The van der Waals surface area contributed by atoms with Gasteiger partial charge >= 0.3 is 6.18 Å². The summed E-state index contributed by atoms with van der Waals surface area (Å²) >= 11 is 0. The third-order valence-electron chi connectivity index (χ3n) is 3.76. The molecule has 3 atom stereocenters. The number of likely N-dealkylation sites (tertiary alicyclic amines) is 1. The highest BCUT2D eigenvalue weighted by atomic mass is 127. The van der Waals surface area contributed by atoms with Gasteiger partial charge in [-0.2, -0.15) is 13.2 Å². The van der Waals surface area contributed by atoms with Gasteiger partial charge in [0.15, 0.2) is 5.96 Å². The molecule has 0 spiro atoms. The fourth-order valence-electron chi connectivity index (χ4n) is 2.53. The summed E-state index contributed by atoms with van der Waals surface area (Å²) in [6, 6.07) is 0.504. The van der Waals surface area contributed by atoms with Crippen LogP contribution in [0, 0.1) is 5.92 Å². The normalized spacial score (nSPS) is 30.0. The largest absolute Gasteiger partial charge is 0.401 e. The van der Waals surface area contributed by atoms with Gasteiger partial charge in [-0.15, -0.1) is 24.0 Å². The fraction of sp³-hybridized carbons (Fsp3) is 0.923. The van der Waals surface area contributed by atoms with Gasteiger partial charge in [-0.1, -0.05) is 6.92 Å². The molecule has 1 aliphatic carbocycles. The molecule has 124 valence electrons. The summed E-state index contributed by atoms with van der Waals surface area (Å²) < 4.78 is 37.0. The molecular formula is C13H24F3IN4. The highest BCUT2D eigenvalue weighted by Crippen LogP contribution is 2.28. The van der Waals surface area contributed by atoms with Crippen LogP contribution in [0.15, 0.2) is 4.99 Å². The van der Waals surface area contributed by atoms with E-state index >= 15 is 0 Å². The van der Waals surface area contributed by atoms with Crippen molar-refractivity contribution < 1.29 is 13.2 Å². The van der Waals surface area contributed by atoms with Crippen molar-refractivity contribution in [3.05, 3.63) is 0 Å². The summed E-state index contributed by atoms with van der Waals surface area (Å²) in [4.78, 5) is 5.80. The monoisotopic (exact) mass is 420 g/mol. The summed E-state index contributed by atoms with van der Waals surface area (Å²) in [6.45, 7) is 4.86. The van der Waals surface area contributed by atoms with E-state index in [0.29, 0.717) is 31.6 Å². The van der Waals surface area contributed by atoms with Crippen LogP contribution in [0.2, 0.25) is 0 Å². The Labute approximate surface area is 141 Å². The first kappa shape index (κ1) is 18.8. The molecule has 1 heterocycles. The predicted molar refractivity (Wildman–Crippen MR) is 88.1 cm³/mol. The highest BCUT2D eigenvalue weighted by molar-refractivity contribution is 14.0. The van der Waals surface area contributed by atoms with E-state index in [1.165, 1.54) is 4.90 Å². The molecule has 2 N–H and O–H groups in total. The van der Waals surface area contributed by atoms with Crippen molar-refractivity contribution in [3.8, 4) is 0 Å². The van der Waals surface area contributed by atoms with Crippen molar-refractivity contribution in [1.82, 2.24) is 15.5 Å². The summed E-state index contributed by atoms with van der Waals surface area (Å²) in [5.41, 5.74) is 0. The quantitative estimate of drug-likeness (QED) is 0.416. The van der Waals surface area contributed by atoms with Gasteiger partial charge < -0.3 is 10.6 Å². The first-order valence-corrected chi connectivity index (χ1v) is 7.24. The zero-order valence-corrected chi connectivity index (χ0v) is 14.7. The average molecular weight is 420 g/mol. The number of nitrogens with zero attached hydrogens (tertiary/aromatic N) is 2. The number of hydrogen-bond acceptors (Lipinski definition) is 2. The van der Waals surface area contributed by atoms with Gasteiger partial charge in [-0.05, 0) is 25.7 Å². The lowest BCUT2D eigenvalue weighted by Gasteiger charge is -2.20. The second-order valence-corrected chi connectivity index (χ2v) is 5.77. The van der Waals surface area contributed by atoms with Gasteiger partial charge in [0.1, 0.15) is 0 Å². The lowest BCUT2D eigenvalue weighted by atomic mass is 10.3. The zero-order chi connectivity index (χ0) is 14.8. The van der Waals surface area contributed by atoms with Crippen molar-refractivity contribution in [1.29, 1.82) is 0 Å². The van der Waals surface area contributed by atoms with Gasteiger partial charge in [-0.3, -0.25) is 9.89 Å². The van der Waals surface area contributed by atoms with Gasteiger partial charge in [-0.25, -0.2) is 0 Å². The van der Waals surface area contributed by atoms with E-state index in [1.54, 1.807) is 0 Å². The molecule has 2 aliphatic rings. The molecule has 0 bridgehead atoms. The van der Waals surface area contributed by atoms with Crippen molar-refractivity contribution in [2.45, 2.75) is 44.9 Å². The molecule has 0 aromatic carbocycles. The number of rotatable bonds is 4. The van der Waals surface area contributed by atoms with Crippen LogP contribution in [0.1, 0.15) is 26.7 Å². The Morgan fingerprint density at radius 2 is 2.00 bits per heavy atom. The van der Waals surface area contributed by atoms with Crippen LogP contribution >= 0.6 is 24.0 Å². The zero-order valence-electron chi connectivity index (χ0n) is 12.4. The minimum atomic E-state index is -4.11. The summed E-state index contributed by atoms with van der Waals surface area (Å²) in [7, 11) is 0. The van der Waals surface area contributed by atoms with E-state index in [-0.39, 0.29) is 30.0 Å². The molecule has 2 rings (SSSR count). The van der Waals surface area contributed by atoms with Crippen LogP contribution < -0.4 is 10.6 Å². The third kappa shape index (κ3) is 6.58. The van der Waals surface area contributed by atoms with Crippen LogP contribution in [-0.4, -0.2) is 55.3 Å². The minimum absolute atomic E-state index is 0. The molecule has 0 aromatic rings. The van der Waals surface area contributed by atoms with Crippen LogP contribution in [-0.2, 0) is 0 Å². The lowest BCUT2D eigenvalue weighted by Crippen LogP contribution is -2.46.